The van der Waals surface area contributed by atoms with Gasteiger partial charge in [-0.3, -0.25) is 0 Å². The summed E-state index contributed by atoms with van der Waals surface area (Å²) < 4.78 is 5.37. The van der Waals surface area contributed by atoms with Gasteiger partial charge in [0.2, 0.25) is 0 Å². The Morgan fingerprint density at radius 3 is 2.84 bits per heavy atom. The van der Waals surface area contributed by atoms with Crippen molar-refractivity contribution in [3.8, 4) is 22.7 Å². The number of furan rings is 1. The number of hydrogen-bond acceptors (Lipinski definition) is 5. The quantitative estimate of drug-likeness (QED) is 0.726. The zero-order valence-electron chi connectivity index (χ0n) is 9.75. The Balaban J connectivity index is 2.26. The molecule has 3 aromatic rings. The van der Waals surface area contributed by atoms with E-state index in [1.807, 2.05) is 0 Å². The molecule has 94 valence electrons. The highest BCUT2D eigenvalue weighted by Gasteiger charge is 2.15. The Morgan fingerprint density at radius 2 is 2.16 bits per heavy atom. The maximum atomic E-state index is 5.98. The highest BCUT2D eigenvalue weighted by Crippen LogP contribution is 2.33. The van der Waals surface area contributed by atoms with Crippen molar-refractivity contribution in [1.82, 2.24) is 15.0 Å². The summed E-state index contributed by atoms with van der Waals surface area (Å²) >= 11 is 5.98. The molecule has 0 bridgehead atoms. The number of nitrogens with zero attached hydrogens (tertiary/aromatic N) is 3. The molecule has 0 aliphatic carbocycles. The Morgan fingerprint density at radius 1 is 1.26 bits per heavy atom. The van der Waals surface area contributed by atoms with E-state index in [0.717, 1.165) is 5.56 Å². The fourth-order valence-corrected chi connectivity index (χ4v) is 1.89. The maximum absolute atomic E-state index is 5.98. The number of halogens is 1. The molecule has 0 aliphatic heterocycles. The molecular formula is C13H9ClN4O. The third kappa shape index (κ3) is 2.15. The average Bonchev–Trinajstić information content (AvgIpc) is 2.96. The van der Waals surface area contributed by atoms with Crippen LogP contribution in [-0.2, 0) is 0 Å². The topological polar surface area (TPSA) is 77.8 Å². The van der Waals surface area contributed by atoms with Crippen molar-refractivity contribution in [3.05, 3.63) is 48.2 Å². The summed E-state index contributed by atoms with van der Waals surface area (Å²) in [7, 11) is 0. The van der Waals surface area contributed by atoms with Crippen molar-refractivity contribution in [2.75, 3.05) is 5.73 Å². The molecule has 0 saturated heterocycles. The maximum Gasteiger partial charge on any atom is 0.152 e. The first-order chi connectivity index (χ1) is 9.25. The van der Waals surface area contributed by atoms with Gasteiger partial charge in [0.25, 0.3) is 0 Å². The van der Waals surface area contributed by atoms with E-state index < -0.39 is 0 Å². The minimum atomic E-state index is 0.240. The van der Waals surface area contributed by atoms with E-state index >= 15 is 0 Å². The highest BCUT2D eigenvalue weighted by atomic mass is 35.5. The van der Waals surface area contributed by atoms with Crippen molar-refractivity contribution < 1.29 is 4.42 Å². The number of aromatic nitrogens is 3. The van der Waals surface area contributed by atoms with Crippen molar-refractivity contribution >= 4 is 17.3 Å². The lowest BCUT2D eigenvalue weighted by atomic mass is 10.1. The summed E-state index contributed by atoms with van der Waals surface area (Å²) in [4.78, 5) is 12.4. The van der Waals surface area contributed by atoms with Crippen molar-refractivity contribution in [1.29, 1.82) is 0 Å². The van der Waals surface area contributed by atoms with Gasteiger partial charge in [-0.2, -0.15) is 0 Å². The van der Waals surface area contributed by atoms with Crippen LogP contribution in [-0.4, -0.2) is 15.0 Å². The van der Waals surface area contributed by atoms with E-state index in [1.54, 1.807) is 36.7 Å². The van der Waals surface area contributed by atoms with Crippen molar-refractivity contribution in [2.24, 2.45) is 0 Å². The second kappa shape index (κ2) is 4.70. The van der Waals surface area contributed by atoms with Crippen LogP contribution in [0, 0.1) is 0 Å². The summed E-state index contributed by atoms with van der Waals surface area (Å²) in [6.07, 6.45) is 4.69. The number of hydrogen-bond donors (Lipinski definition) is 1. The lowest BCUT2D eigenvalue weighted by Crippen LogP contribution is -1.96. The summed E-state index contributed by atoms with van der Waals surface area (Å²) in [5.74, 6) is 0.607. The first-order valence-electron chi connectivity index (χ1n) is 5.52. The van der Waals surface area contributed by atoms with E-state index in [9.17, 15) is 0 Å². The fraction of sp³-hybridized carbons (Fsp3) is 0. The Labute approximate surface area is 114 Å². The van der Waals surface area contributed by atoms with Gasteiger partial charge in [-0.15, -0.1) is 0 Å². The molecule has 0 aromatic carbocycles. The molecule has 0 saturated carbocycles. The minimum Gasteiger partial charge on any atom is -0.463 e. The largest absolute Gasteiger partial charge is 0.463 e. The van der Waals surface area contributed by atoms with Crippen LogP contribution in [0.1, 0.15) is 0 Å². The number of nitrogens with two attached hydrogens (primary N) is 1. The van der Waals surface area contributed by atoms with E-state index in [2.05, 4.69) is 15.0 Å². The SMILES string of the molecule is Nc1cc(-c2ccncn2)c(-c2ccco2)nc1Cl. The fourth-order valence-electron chi connectivity index (χ4n) is 1.75. The Hall–Kier alpha value is -2.40. The van der Waals surface area contributed by atoms with E-state index in [4.69, 9.17) is 21.8 Å². The van der Waals surface area contributed by atoms with E-state index in [0.29, 0.717) is 22.8 Å². The molecule has 0 spiro atoms. The second-order valence-electron chi connectivity index (χ2n) is 3.84. The molecule has 3 rings (SSSR count). The van der Waals surface area contributed by atoms with Gasteiger partial charge in [0.05, 0.1) is 17.6 Å². The predicted molar refractivity (Wildman–Crippen MR) is 72.4 cm³/mol. The molecule has 0 radical (unpaired) electrons. The Kier molecular flexibility index (Phi) is 2.89. The van der Waals surface area contributed by atoms with Crippen LogP contribution in [0.4, 0.5) is 5.69 Å². The molecular weight excluding hydrogens is 264 g/mol. The highest BCUT2D eigenvalue weighted by molar-refractivity contribution is 6.32. The van der Waals surface area contributed by atoms with Crippen molar-refractivity contribution in [3.63, 3.8) is 0 Å². The molecule has 0 atom stereocenters. The summed E-state index contributed by atoms with van der Waals surface area (Å²) in [6, 6.07) is 7.09. The first-order valence-corrected chi connectivity index (χ1v) is 5.90. The number of rotatable bonds is 2. The predicted octanol–water partition coefficient (Wildman–Crippen LogP) is 3.03. The van der Waals surface area contributed by atoms with Gasteiger partial charge in [0.15, 0.2) is 10.9 Å². The monoisotopic (exact) mass is 272 g/mol. The molecule has 0 fully saturated rings. The Bertz CT molecular complexity index is 698. The number of pyridine rings is 1. The van der Waals surface area contributed by atoms with Crippen LogP contribution >= 0.6 is 11.6 Å². The van der Waals surface area contributed by atoms with Crippen LogP contribution in [0.5, 0.6) is 0 Å². The molecule has 0 unspecified atom stereocenters. The van der Waals surface area contributed by atoms with Gasteiger partial charge in [-0.25, -0.2) is 15.0 Å². The summed E-state index contributed by atoms with van der Waals surface area (Å²) in [5.41, 5.74) is 8.26. The van der Waals surface area contributed by atoms with Crippen LogP contribution in [0.15, 0.2) is 47.5 Å². The summed E-state index contributed by atoms with van der Waals surface area (Å²) in [5, 5.41) is 0.240. The minimum absolute atomic E-state index is 0.240. The molecule has 5 nitrogen and oxygen atoms in total. The molecule has 3 aromatic heterocycles. The molecule has 2 N–H and O–H groups in total. The molecule has 0 amide bonds. The lowest BCUT2D eigenvalue weighted by Gasteiger charge is -2.08. The smallest absolute Gasteiger partial charge is 0.152 e. The lowest BCUT2D eigenvalue weighted by molar-refractivity contribution is 0.580. The van der Waals surface area contributed by atoms with Gasteiger partial charge in [-0.1, -0.05) is 11.6 Å². The zero-order valence-corrected chi connectivity index (χ0v) is 10.5. The van der Waals surface area contributed by atoms with Gasteiger partial charge in [0.1, 0.15) is 12.0 Å². The van der Waals surface area contributed by atoms with Crippen molar-refractivity contribution in [2.45, 2.75) is 0 Å². The van der Waals surface area contributed by atoms with Crippen LogP contribution in [0.3, 0.4) is 0 Å². The van der Waals surface area contributed by atoms with Gasteiger partial charge in [0, 0.05) is 11.8 Å². The number of nitrogen functional groups attached to an aromatic ring is 1. The van der Waals surface area contributed by atoms with E-state index in [-0.39, 0.29) is 5.15 Å². The van der Waals surface area contributed by atoms with Crippen LogP contribution in [0.2, 0.25) is 5.15 Å². The number of anilines is 1. The second-order valence-corrected chi connectivity index (χ2v) is 4.19. The van der Waals surface area contributed by atoms with Crippen LogP contribution in [0.25, 0.3) is 22.7 Å². The average molecular weight is 273 g/mol. The van der Waals surface area contributed by atoms with Gasteiger partial charge in [-0.05, 0) is 24.3 Å². The normalized spacial score (nSPS) is 10.6. The third-order valence-electron chi connectivity index (χ3n) is 2.62. The first kappa shape index (κ1) is 11.7. The molecule has 0 aliphatic rings. The zero-order chi connectivity index (χ0) is 13.2. The van der Waals surface area contributed by atoms with Crippen LogP contribution < -0.4 is 5.73 Å². The van der Waals surface area contributed by atoms with Gasteiger partial charge < -0.3 is 10.2 Å². The third-order valence-corrected chi connectivity index (χ3v) is 2.92. The standard InChI is InChI=1S/C13H9ClN4O/c14-13-9(15)6-8(10-3-4-16-7-17-10)12(18-13)11-2-1-5-19-11/h1-7H,15H2. The molecule has 19 heavy (non-hydrogen) atoms. The van der Waals surface area contributed by atoms with E-state index in [1.165, 1.54) is 6.33 Å². The molecule has 3 heterocycles. The molecule has 6 heteroatoms. The van der Waals surface area contributed by atoms with Gasteiger partial charge >= 0.3 is 0 Å². The summed E-state index contributed by atoms with van der Waals surface area (Å²) in [6.45, 7) is 0.